The molecule has 24 heavy (non-hydrogen) atoms. The Hall–Kier alpha value is -3.06. The van der Waals surface area contributed by atoms with Gasteiger partial charge in [0.1, 0.15) is 6.07 Å². The Kier molecular flexibility index (Phi) is 3.76. The summed E-state index contributed by atoms with van der Waals surface area (Å²) in [5.74, 6) is 1.84. The van der Waals surface area contributed by atoms with Crippen molar-refractivity contribution in [3.05, 3.63) is 83.4 Å². The fourth-order valence-corrected chi connectivity index (χ4v) is 3.01. The van der Waals surface area contributed by atoms with E-state index in [-0.39, 0.29) is 5.92 Å². The summed E-state index contributed by atoms with van der Waals surface area (Å²) in [7, 11) is 0. The lowest BCUT2D eigenvalue weighted by Crippen LogP contribution is -1.99. The standard InChI is InChI=1S/C20H17N3O/c21-12-18-20(22-13-14-7-3-1-4-8-14)24-19(23-18)17-11-16(17)15-9-5-2-6-10-15/h1-10,16-17,22H,11,13H2/t16-,17+/m0/s1. The fourth-order valence-electron chi connectivity index (χ4n) is 3.01. The molecule has 0 amide bonds. The van der Waals surface area contributed by atoms with E-state index < -0.39 is 0 Å². The van der Waals surface area contributed by atoms with Gasteiger partial charge in [-0.05, 0) is 23.5 Å². The van der Waals surface area contributed by atoms with Crippen LogP contribution in [0.4, 0.5) is 5.88 Å². The molecule has 0 aliphatic heterocycles. The molecule has 1 saturated carbocycles. The van der Waals surface area contributed by atoms with Crippen LogP contribution in [0.2, 0.25) is 0 Å². The maximum absolute atomic E-state index is 9.30. The summed E-state index contributed by atoms with van der Waals surface area (Å²) in [6.45, 7) is 0.608. The molecular formula is C20H17N3O. The third kappa shape index (κ3) is 2.89. The number of oxazole rings is 1. The first kappa shape index (κ1) is 14.5. The molecule has 0 spiro atoms. The molecule has 1 aliphatic rings. The van der Waals surface area contributed by atoms with Gasteiger partial charge in [-0.3, -0.25) is 0 Å². The van der Waals surface area contributed by atoms with Gasteiger partial charge in [0.2, 0.25) is 17.5 Å². The Bertz CT molecular complexity index is 865. The minimum Gasteiger partial charge on any atom is -0.424 e. The number of aromatic nitrogens is 1. The molecule has 0 radical (unpaired) electrons. The molecule has 0 bridgehead atoms. The van der Waals surface area contributed by atoms with E-state index >= 15 is 0 Å². The molecule has 1 fully saturated rings. The highest BCUT2D eigenvalue weighted by molar-refractivity contribution is 5.47. The van der Waals surface area contributed by atoms with Gasteiger partial charge in [0, 0.05) is 12.5 Å². The first-order valence-corrected chi connectivity index (χ1v) is 8.08. The van der Waals surface area contributed by atoms with Gasteiger partial charge in [-0.15, -0.1) is 0 Å². The van der Waals surface area contributed by atoms with Crippen LogP contribution in [-0.4, -0.2) is 4.98 Å². The van der Waals surface area contributed by atoms with Gasteiger partial charge in [-0.1, -0.05) is 60.7 Å². The van der Waals surface area contributed by atoms with Gasteiger partial charge in [-0.2, -0.15) is 5.26 Å². The van der Waals surface area contributed by atoms with Crippen molar-refractivity contribution in [1.82, 2.24) is 4.98 Å². The van der Waals surface area contributed by atoms with Crippen molar-refractivity contribution >= 4 is 5.88 Å². The summed E-state index contributed by atoms with van der Waals surface area (Å²) in [4.78, 5) is 4.39. The van der Waals surface area contributed by atoms with Crippen molar-refractivity contribution < 1.29 is 4.42 Å². The van der Waals surface area contributed by atoms with E-state index in [4.69, 9.17) is 4.42 Å². The molecule has 1 heterocycles. The predicted molar refractivity (Wildman–Crippen MR) is 91.5 cm³/mol. The van der Waals surface area contributed by atoms with E-state index in [1.807, 2.05) is 48.5 Å². The zero-order valence-corrected chi connectivity index (χ0v) is 13.1. The SMILES string of the molecule is N#Cc1nc([C@@H]2C[C@H]2c2ccccc2)oc1NCc1ccccc1. The lowest BCUT2D eigenvalue weighted by atomic mass is 10.1. The van der Waals surface area contributed by atoms with Gasteiger partial charge in [0.15, 0.2) is 0 Å². The average Bonchev–Trinajstić information content (AvgIpc) is 3.34. The van der Waals surface area contributed by atoms with E-state index in [1.54, 1.807) is 0 Å². The summed E-state index contributed by atoms with van der Waals surface area (Å²) < 4.78 is 5.86. The fraction of sp³-hybridized carbons (Fsp3) is 0.200. The molecule has 3 aromatic rings. The van der Waals surface area contributed by atoms with Crippen LogP contribution in [0.3, 0.4) is 0 Å². The van der Waals surface area contributed by atoms with Crippen LogP contribution in [-0.2, 0) is 6.54 Å². The molecule has 1 N–H and O–H groups in total. The van der Waals surface area contributed by atoms with Crippen LogP contribution in [0.1, 0.15) is 41.0 Å². The number of nitrogens with zero attached hydrogens (tertiary/aromatic N) is 2. The number of hydrogen-bond donors (Lipinski definition) is 1. The molecule has 2 atom stereocenters. The molecule has 4 rings (SSSR count). The van der Waals surface area contributed by atoms with Crippen LogP contribution >= 0.6 is 0 Å². The molecule has 4 heteroatoms. The van der Waals surface area contributed by atoms with Crippen molar-refractivity contribution in [2.45, 2.75) is 24.8 Å². The third-order valence-electron chi connectivity index (χ3n) is 4.38. The van der Waals surface area contributed by atoms with Crippen LogP contribution < -0.4 is 5.32 Å². The van der Waals surface area contributed by atoms with Crippen LogP contribution in [0.25, 0.3) is 0 Å². The number of anilines is 1. The van der Waals surface area contributed by atoms with Gasteiger partial charge < -0.3 is 9.73 Å². The van der Waals surface area contributed by atoms with Crippen molar-refractivity contribution in [2.75, 3.05) is 5.32 Å². The van der Waals surface area contributed by atoms with E-state index in [2.05, 4.69) is 28.5 Å². The van der Waals surface area contributed by atoms with E-state index in [9.17, 15) is 5.26 Å². The highest BCUT2D eigenvalue weighted by Gasteiger charge is 2.43. The quantitative estimate of drug-likeness (QED) is 0.756. The molecule has 0 unspecified atom stereocenters. The highest BCUT2D eigenvalue weighted by atomic mass is 16.4. The Morgan fingerprint density at radius 3 is 2.46 bits per heavy atom. The molecule has 1 aromatic heterocycles. The van der Waals surface area contributed by atoms with Gasteiger partial charge in [0.25, 0.3) is 0 Å². The van der Waals surface area contributed by atoms with Gasteiger partial charge >= 0.3 is 0 Å². The minimum atomic E-state index is 0.270. The lowest BCUT2D eigenvalue weighted by molar-refractivity contribution is 0.505. The second-order valence-corrected chi connectivity index (χ2v) is 6.04. The van der Waals surface area contributed by atoms with Crippen LogP contribution in [0, 0.1) is 11.3 Å². The predicted octanol–water partition coefficient (Wildman–Crippen LogP) is 4.43. The smallest absolute Gasteiger partial charge is 0.232 e. The summed E-state index contributed by atoms with van der Waals surface area (Å²) in [5, 5.41) is 12.5. The third-order valence-corrected chi connectivity index (χ3v) is 4.38. The molecule has 1 aliphatic carbocycles. The highest BCUT2D eigenvalue weighted by Crippen LogP contribution is 2.54. The second kappa shape index (κ2) is 6.21. The number of benzene rings is 2. The summed E-state index contributed by atoms with van der Waals surface area (Å²) >= 11 is 0. The maximum Gasteiger partial charge on any atom is 0.232 e. The van der Waals surface area contributed by atoms with E-state index in [1.165, 1.54) is 5.56 Å². The van der Waals surface area contributed by atoms with Gasteiger partial charge in [-0.25, -0.2) is 4.98 Å². The molecular weight excluding hydrogens is 298 g/mol. The first-order chi connectivity index (χ1) is 11.8. The average molecular weight is 315 g/mol. The Morgan fingerprint density at radius 1 is 1.04 bits per heavy atom. The number of rotatable bonds is 5. The lowest BCUT2D eigenvalue weighted by Gasteiger charge is -2.02. The largest absolute Gasteiger partial charge is 0.424 e. The second-order valence-electron chi connectivity index (χ2n) is 6.04. The van der Waals surface area contributed by atoms with E-state index in [0.29, 0.717) is 29.9 Å². The monoisotopic (exact) mass is 315 g/mol. The summed E-state index contributed by atoms with van der Waals surface area (Å²) in [5.41, 5.74) is 2.77. The van der Waals surface area contributed by atoms with Crippen LogP contribution in [0.5, 0.6) is 0 Å². The summed E-state index contributed by atoms with van der Waals surface area (Å²) in [6, 6.07) is 22.5. The topological polar surface area (TPSA) is 61.9 Å². The minimum absolute atomic E-state index is 0.270. The first-order valence-electron chi connectivity index (χ1n) is 8.08. The van der Waals surface area contributed by atoms with Crippen molar-refractivity contribution in [3.8, 4) is 6.07 Å². The Labute approximate surface area is 140 Å². The number of nitriles is 1. The Balaban J connectivity index is 1.48. The molecule has 4 nitrogen and oxygen atoms in total. The van der Waals surface area contributed by atoms with Crippen molar-refractivity contribution in [2.24, 2.45) is 0 Å². The van der Waals surface area contributed by atoms with Crippen molar-refractivity contribution in [3.63, 3.8) is 0 Å². The number of hydrogen-bond acceptors (Lipinski definition) is 4. The van der Waals surface area contributed by atoms with E-state index in [0.717, 1.165) is 12.0 Å². The maximum atomic E-state index is 9.30. The normalized spacial score (nSPS) is 18.8. The zero-order chi connectivity index (χ0) is 16.4. The van der Waals surface area contributed by atoms with Gasteiger partial charge in [0.05, 0.1) is 0 Å². The summed E-state index contributed by atoms with van der Waals surface area (Å²) in [6.07, 6.45) is 1.02. The molecule has 2 aromatic carbocycles. The van der Waals surface area contributed by atoms with Crippen molar-refractivity contribution in [1.29, 1.82) is 5.26 Å². The van der Waals surface area contributed by atoms with Crippen LogP contribution in [0.15, 0.2) is 65.1 Å². The number of nitrogens with one attached hydrogen (secondary N) is 1. The Morgan fingerprint density at radius 2 is 1.75 bits per heavy atom. The zero-order valence-electron chi connectivity index (χ0n) is 13.1. The molecule has 118 valence electrons. The molecule has 0 saturated heterocycles.